The highest BCUT2D eigenvalue weighted by molar-refractivity contribution is 6.00. The van der Waals surface area contributed by atoms with Crippen molar-refractivity contribution in [3.63, 3.8) is 0 Å². The van der Waals surface area contributed by atoms with Crippen LogP contribution in [-0.2, 0) is 11.2 Å². The molecule has 23 heavy (non-hydrogen) atoms. The minimum Gasteiger partial charge on any atom is -0.324 e. The first-order valence-electron chi connectivity index (χ1n) is 7.36. The Morgan fingerprint density at radius 1 is 1.00 bits per heavy atom. The molecule has 0 unspecified atom stereocenters. The summed E-state index contributed by atoms with van der Waals surface area (Å²) in [5.74, 6) is -2.21. The first-order chi connectivity index (χ1) is 11.0. The lowest BCUT2D eigenvalue weighted by molar-refractivity contribution is -0.116. The molecule has 0 spiro atoms. The van der Waals surface area contributed by atoms with Crippen LogP contribution >= 0.6 is 0 Å². The van der Waals surface area contributed by atoms with E-state index in [0.717, 1.165) is 24.1 Å². The maximum atomic E-state index is 13.4. The van der Waals surface area contributed by atoms with Gasteiger partial charge in [-0.1, -0.05) is 31.2 Å². The number of hydrogen-bond acceptors (Lipinski definition) is 2. The Kier molecular flexibility index (Phi) is 5.57. The number of aryl methyl sites for hydroxylation is 1. The van der Waals surface area contributed by atoms with Crippen LogP contribution < -0.4 is 5.32 Å². The summed E-state index contributed by atoms with van der Waals surface area (Å²) in [7, 11) is 0. The van der Waals surface area contributed by atoms with E-state index in [9.17, 15) is 18.4 Å². The van der Waals surface area contributed by atoms with Gasteiger partial charge in [0, 0.05) is 24.5 Å². The molecule has 0 saturated carbocycles. The summed E-state index contributed by atoms with van der Waals surface area (Å²) in [6.07, 6.45) is 0.853. The highest BCUT2D eigenvalue weighted by Gasteiger charge is 2.11. The molecule has 1 N–H and O–H groups in total. The van der Waals surface area contributed by atoms with Crippen molar-refractivity contribution in [2.24, 2.45) is 0 Å². The summed E-state index contributed by atoms with van der Waals surface area (Å²) in [6.45, 7) is 2.02. The summed E-state index contributed by atoms with van der Waals surface area (Å²) in [6, 6.07) is 10.1. The number of benzene rings is 2. The molecule has 2 aromatic rings. The van der Waals surface area contributed by atoms with Crippen molar-refractivity contribution >= 4 is 17.4 Å². The van der Waals surface area contributed by atoms with Gasteiger partial charge in [0.05, 0.1) is 5.69 Å². The third-order valence-electron chi connectivity index (χ3n) is 3.47. The SMILES string of the molecule is CCc1ccc(C(=O)CCC(=O)Nc2ccc(F)cc2F)cc1. The second-order valence-corrected chi connectivity index (χ2v) is 5.15. The molecule has 1 amide bonds. The smallest absolute Gasteiger partial charge is 0.224 e. The van der Waals surface area contributed by atoms with Crippen molar-refractivity contribution in [2.45, 2.75) is 26.2 Å². The van der Waals surface area contributed by atoms with E-state index < -0.39 is 17.5 Å². The first kappa shape index (κ1) is 16.8. The molecule has 5 heteroatoms. The number of amides is 1. The zero-order valence-corrected chi connectivity index (χ0v) is 12.7. The largest absolute Gasteiger partial charge is 0.324 e. The van der Waals surface area contributed by atoms with Gasteiger partial charge in [0.15, 0.2) is 5.78 Å². The standard InChI is InChI=1S/C18H17F2NO2/c1-2-12-3-5-13(6-4-12)17(22)9-10-18(23)21-16-8-7-14(19)11-15(16)20/h3-8,11H,2,9-10H2,1H3,(H,21,23). The lowest BCUT2D eigenvalue weighted by atomic mass is 10.0. The Bertz CT molecular complexity index is 711. The summed E-state index contributed by atoms with van der Waals surface area (Å²) < 4.78 is 26.2. The van der Waals surface area contributed by atoms with Gasteiger partial charge in [-0.2, -0.15) is 0 Å². The molecule has 0 heterocycles. The van der Waals surface area contributed by atoms with Crippen LogP contribution in [0.5, 0.6) is 0 Å². The average Bonchev–Trinajstić information content (AvgIpc) is 2.55. The van der Waals surface area contributed by atoms with Gasteiger partial charge in [-0.3, -0.25) is 9.59 Å². The molecule has 3 nitrogen and oxygen atoms in total. The van der Waals surface area contributed by atoms with Gasteiger partial charge < -0.3 is 5.32 Å². The normalized spacial score (nSPS) is 10.4. The van der Waals surface area contributed by atoms with Gasteiger partial charge in [0.1, 0.15) is 11.6 Å². The van der Waals surface area contributed by atoms with Crippen molar-refractivity contribution in [2.75, 3.05) is 5.32 Å². The zero-order chi connectivity index (χ0) is 16.8. The molecular weight excluding hydrogens is 300 g/mol. The van der Waals surface area contributed by atoms with Gasteiger partial charge in [-0.25, -0.2) is 8.78 Å². The lowest BCUT2D eigenvalue weighted by Crippen LogP contribution is -2.14. The monoisotopic (exact) mass is 317 g/mol. The molecule has 0 bridgehead atoms. The Labute approximate surface area is 133 Å². The van der Waals surface area contributed by atoms with Crippen LogP contribution in [0.2, 0.25) is 0 Å². The molecule has 2 rings (SSSR count). The van der Waals surface area contributed by atoms with Gasteiger partial charge in [-0.05, 0) is 24.1 Å². The van der Waals surface area contributed by atoms with Gasteiger partial charge in [0.2, 0.25) is 5.91 Å². The van der Waals surface area contributed by atoms with Crippen molar-refractivity contribution in [1.82, 2.24) is 0 Å². The molecule has 0 aliphatic carbocycles. The molecule has 120 valence electrons. The van der Waals surface area contributed by atoms with Crippen molar-refractivity contribution in [3.8, 4) is 0 Å². The Balaban J connectivity index is 1.89. The number of ketones is 1. The molecule has 0 aromatic heterocycles. The van der Waals surface area contributed by atoms with E-state index in [2.05, 4.69) is 5.32 Å². The van der Waals surface area contributed by atoms with E-state index in [1.807, 2.05) is 19.1 Å². The van der Waals surface area contributed by atoms with Crippen LogP contribution in [0.3, 0.4) is 0 Å². The molecule has 0 atom stereocenters. The predicted molar refractivity (Wildman–Crippen MR) is 84.4 cm³/mol. The number of carbonyl (C=O) groups is 2. The Hall–Kier alpha value is -2.56. The maximum absolute atomic E-state index is 13.4. The number of rotatable bonds is 6. The highest BCUT2D eigenvalue weighted by atomic mass is 19.1. The van der Waals surface area contributed by atoms with Crippen molar-refractivity contribution in [3.05, 3.63) is 65.2 Å². The minimum absolute atomic E-state index is 0.0279. The Morgan fingerprint density at radius 3 is 2.30 bits per heavy atom. The lowest BCUT2D eigenvalue weighted by Gasteiger charge is -2.06. The molecule has 0 saturated heterocycles. The van der Waals surface area contributed by atoms with Gasteiger partial charge in [0.25, 0.3) is 0 Å². The van der Waals surface area contributed by atoms with Crippen LogP contribution in [0.25, 0.3) is 0 Å². The average molecular weight is 317 g/mol. The summed E-state index contributed by atoms with van der Waals surface area (Å²) in [5, 5.41) is 2.33. The molecule has 0 aliphatic heterocycles. The third kappa shape index (κ3) is 4.71. The molecular formula is C18H17F2NO2. The fourth-order valence-corrected chi connectivity index (χ4v) is 2.10. The van der Waals surface area contributed by atoms with E-state index in [-0.39, 0.29) is 24.3 Å². The van der Waals surface area contributed by atoms with E-state index in [4.69, 9.17) is 0 Å². The number of halogens is 2. The molecule has 0 aliphatic rings. The summed E-state index contributed by atoms with van der Waals surface area (Å²) in [4.78, 5) is 23.8. The molecule has 0 fully saturated rings. The second-order valence-electron chi connectivity index (χ2n) is 5.15. The number of anilines is 1. The molecule has 0 radical (unpaired) electrons. The quantitative estimate of drug-likeness (QED) is 0.814. The van der Waals surface area contributed by atoms with Crippen LogP contribution in [0.15, 0.2) is 42.5 Å². The van der Waals surface area contributed by atoms with Crippen LogP contribution in [0, 0.1) is 11.6 Å². The first-order valence-corrected chi connectivity index (χ1v) is 7.36. The number of nitrogens with one attached hydrogen (secondary N) is 1. The number of hydrogen-bond donors (Lipinski definition) is 1. The zero-order valence-electron chi connectivity index (χ0n) is 12.7. The summed E-state index contributed by atoms with van der Waals surface area (Å²) in [5.41, 5.74) is 1.57. The minimum atomic E-state index is -0.847. The number of Topliss-reactive ketones (excluding diaryl/α,β-unsaturated/α-hetero) is 1. The molecule has 2 aromatic carbocycles. The van der Waals surface area contributed by atoms with Crippen molar-refractivity contribution < 1.29 is 18.4 Å². The Morgan fingerprint density at radius 2 is 1.70 bits per heavy atom. The van der Waals surface area contributed by atoms with E-state index in [1.54, 1.807) is 12.1 Å². The fourth-order valence-electron chi connectivity index (χ4n) is 2.10. The number of carbonyl (C=O) groups excluding carboxylic acids is 2. The van der Waals surface area contributed by atoms with Crippen LogP contribution in [0.4, 0.5) is 14.5 Å². The predicted octanol–water partition coefficient (Wildman–Crippen LogP) is 4.13. The van der Waals surface area contributed by atoms with Crippen LogP contribution in [-0.4, -0.2) is 11.7 Å². The summed E-state index contributed by atoms with van der Waals surface area (Å²) >= 11 is 0. The van der Waals surface area contributed by atoms with E-state index in [1.165, 1.54) is 0 Å². The van der Waals surface area contributed by atoms with Gasteiger partial charge in [-0.15, -0.1) is 0 Å². The topological polar surface area (TPSA) is 46.2 Å². The van der Waals surface area contributed by atoms with Crippen LogP contribution in [0.1, 0.15) is 35.7 Å². The van der Waals surface area contributed by atoms with E-state index >= 15 is 0 Å². The van der Waals surface area contributed by atoms with Gasteiger partial charge >= 0.3 is 0 Å². The van der Waals surface area contributed by atoms with Crippen molar-refractivity contribution in [1.29, 1.82) is 0 Å². The fraction of sp³-hybridized carbons (Fsp3) is 0.222. The third-order valence-corrected chi connectivity index (χ3v) is 3.47. The van der Waals surface area contributed by atoms with E-state index in [0.29, 0.717) is 11.6 Å². The maximum Gasteiger partial charge on any atom is 0.224 e. The highest BCUT2D eigenvalue weighted by Crippen LogP contribution is 2.16. The second kappa shape index (κ2) is 7.63.